The number of hydrazone groups is 1. The highest BCUT2D eigenvalue weighted by Crippen LogP contribution is 2.09. The lowest BCUT2D eigenvalue weighted by Gasteiger charge is -2.04. The molecule has 0 spiro atoms. The van der Waals surface area contributed by atoms with E-state index in [0.29, 0.717) is 15.9 Å². The zero-order valence-electron chi connectivity index (χ0n) is 13.9. The highest BCUT2D eigenvalue weighted by molar-refractivity contribution is 6.30. The second-order valence-electron chi connectivity index (χ2n) is 5.48. The Morgan fingerprint density at radius 3 is 2.63 bits per heavy atom. The van der Waals surface area contributed by atoms with Crippen LogP contribution in [0.25, 0.3) is 6.08 Å². The summed E-state index contributed by atoms with van der Waals surface area (Å²) in [4.78, 5) is 39.4. The van der Waals surface area contributed by atoms with Crippen LogP contribution in [0.4, 0.5) is 0 Å². The third-order valence-electron chi connectivity index (χ3n) is 3.56. The molecule has 0 atom stereocenters. The first kappa shape index (κ1) is 18.3. The van der Waals surface area contributed by atoms with Gasteiger partial charge in [0, 0.05) is 21.7 Å². The third kappa shape index (κ3) is 4.76. The standard InChI is InChI=1S/C19H13ClN4O3/c20-15-7-5-12(6-8-15)18(26)21-11-17(25)24-22-10-14-9-13-3-1-2-4-16(13)23-19(14)27/h1-9H,11H2,(H,21,26)(H,24,25). The van der Waals surface area contributed by atoms with E-state index in [2.05, 4.69) is 26.7 Å². The van der Waals surface area contributed by atoms with E-state index in [9.17, 15) is 14.4 Å². The van der Waals surface area contributed by atoms with Crippen molar-refractivity contribution < 1.29 is 14.4 Å². The predicted molar refractivity (Wildman–Crippen MR) is 99.6 cm³/mol. The molecule has 0 aromatic heterocycles. The van der Waals surface area contributed by atoms with Crippen LogP contribution in [0.5, 0.6) is 0 Å². The van der Waals surface area contributed by atoms with Crippen molar-refractivity contribution >= 4 is 41.3 Å². The van der Waals surface area contributed by atoms with Gasteiger partial charge in [-0.15, -0.1) is 5.10 Å². The van der Waals surface area contributed by atoms with E-state index in [0.717, 1.165) is 5.22 Å². The Morgan fingerprint density at radius 2 is 1.85 bits per heavy atom. The lowest BCUT2D eigenvalue weighted by molar-refractivity contribution is -0.120. The molecule has 1 aliphatic heterocycles. The Balaban J connectivity index is 1.59. The molecule has 7 nitrogen and oxygen atoms in total. The van der Waals surface area contributed by atoms with Crippen LogP contribution in [0.1, 0.15) is 10.4 Å². The molecule has 3 rings (SSSR count). The molecule has 2 aromatic rings. The number of benzene rings is 2. The Hall–Kier alpha value is -3.54. The van der Waals surface area contributed by atoms with E-state index in [-0.39, 0.29) is 12.1 Å². The molecule has 0 fully saturated rings. The second-order valence-corrected chi connectivity index (χ2v) is 5.92. The quantitative estimate of drug-likeness (QED) is 0.454. The lowest BCUT2D eigenvalue weighted by Crippen LogP contribution is -2.34. The molecule has 134 valence electrons. The first-order valence-electron chi connectivity index (χ1n) is 7.88. The number of nitrogens with zero attached hydrogens (tertiary/aromatic N) is 2. The lowest BCUT2D eigenvalue weighted by atomic mass is 10.1. The van der Waals surface area contributed by atoms with Gasteiger partial charge >= 0.3 is 0 Å². The summed E-state index contributed by atoms with van der Waals surface area (Å²) >= 11 is 5.75. The minimum Gasteiger partial charge on any atom is -0.343 e. The van der Waals surface area contributed by atoms with Crippen molar-refractivity contribution in [2.75, 3.05) is 6.54 Å². The van der Waals surface area contributed by atoms with Crippen molar-refractivity contribution in [1.29, 1.82) is 0 Å². The maximum Gasteiger partial charge on any atom is 0.287 e. The maximum absolute atomic E-state index is 11.9. The van der Waals surface area contributed by atoms with Crippen molar-refractivity contribution in [2.45, 2.75) is 0 Å². The van der Waals surface area contributed by atoms with Gasteiger partial charge in [-0.2, -0.15) is 0 Å². The van der Waals surface area contributed by atoms with Crippen LogP contribution in [0.3, 0.4) is 0 Å². The number of amides is 3. The van der Waals surface area contributed by atoms with Crippen molar-refractivity contribution in [3.05, 3.63) is 75.3 Å². The van der Waals surface area contributed by atoms with Crippen molar-refractivity contribution in [2.24, 2.45) is 10.1 Å². The largest absolute Gasteiger partial charge is 0.343 e. The topological polar surface area (TPSA) is 100.0 Å². The van der Waals surface area contributed by atoms with E-state index in [1.54, 1.807) is 48.5 Å². The molecule has 2 N–H and O–H groups in total. The van der Waals surface area contributed by atoms with Crippen LogP contribution in [0, 0.1) is 0 Å². The van der Waals surface area contributed by atoms with Crippen LogP contribution in [0.2, 0.25) is 5.02 Å². The van der Waals surface area contributed by atoms with E-state index in [1.807, 2.05) is 6.07 Å². The summed E-state index contributed by atoms with van der Waals surface area (Å²) in [6.45, 7) is -0.285. The van der Waals surface area contributed by atoms with Gasteiger partial charge < -0.3 is 5.32 Å². The number of hydrogen-bond acceptors (Lipinski definition) is 4. The Kier molecular flexibility index (Phi) is 5.56. The Labute approximate surface area is 158 Å². The van der Waals surface area contributed by atoms with Crippen LogP contribution in [-0.2, 0) is 9.59 Å². The molecule has 27 heavy (non-hydrogen) atoms. The van der Waals surface area contributed by atoms with E-state index in [4.69, 9.17) is 11.6 Å². The first-order chi connectivity index (χ1) is 13.0. The summed E-state index contributed by atoms with van der Waals surface area (Å²) in [6, 6.07) is 13.4. The molecular formula is C19H13ClN4O3. The number of carbonyl (C=O) groups excluding carboxylic acids is 3. The van der Waals surface area contributed by atoms with Gasteiger partial charge in [-0.3, -0.25) is 14.4 Å². The fraction of sp³-hybridized carbons (Fsp3) is 0.0526. The third-order valence-corrected chi connectivity index (χ3v) is 3.81. The van der Waals surface area contributed by atoms with Gasteiger partial charge in [0.1, 0.15) is 5.57 Å². The van der Waals surface area contributed by atoms with Crippen molar-refractivity contribution in [1.82, 2.24) is 10.7 Å². The van der Waals surface area contributed by atoms with Gasteiger partial charge in [-0.1, -0.05) is 29.8 Å². The van der Waals surface area contributed by atoms with Gasteiger partial charge in [0.05, 0.1) is 11.9 Å². The minimum absolute atomic E-state index is 0.124. The minimum atomic E-state index is -0.564. The Bertz CT molecular complexity index is 1100. The summed E-state index contributed by atoms with van der Waals surface area (Å²) in [5.74, 6) is 0.970. The van der Waals surface area contributed by atoms with Crippen molar-refractivity contribution in [3.8, 4) is 0 Å². The van der Waals surface area contributed by atoms with Gasteiger partial charge in [-0.05, 0) is 36.4 Å². The molecule has 0 saturated heterocycles. The zero-order chi connectivity index (χ0) is 19.2. The predicted octanol–water partition coefficient (Wildman–Crippen LogP) is 0.338. The molecule has 3 amide bonds. The highest BCUT2D eigenvalue weighted by atomic mass is 35.5. The van der Waals surface area contributed by atoms with E-state index in [1.165, 1.54) is 0 Å². The number of halogens is 1. The number of nitrogens with one attached hydrogen (secondary N) is 2. The summed E-state index contributed by atoms with van der Waals surface area (Å²) in [7, 11) is 0. The molecule has 8 heteroatoms. The molecule has 2 aromatic carbocycles. The highest BCUT2D eigenvalue weighted by Gasteiger charge is 2.10. The monoisotopic (exact) mass is 380 g/mol. The summed E-state index contributed by atoms with van der Waals surface area (Å²) in [5.41, 5.74) is 2.69. The molecule has 0 saturated carbocycles. The molecule has 0 radical (unpaired) electrons. The zero-order valence-corrected chi connectivity index (χ0v) is 14.7. The van der Waals surface area contributed by atoms with Crippen LogP contribution < -0.4 is 21.3 Å². The number of rotatable bonds is 4. The normalized spacial score (nSPS) is 12.0. The summed E-state index contributed by atoms with van der Waals surface area (Å²) < 4.78 is 0. The van der Waals surface area contributed by atoms with Crippen LogP contribution in [-0.4, -0.2) is 30.1 Å². The molecule has 0 unspecified atom stereocenters. The fourth-order valence-corrected chi connectivity index (χ4v) is 2.36. The van der Waals surface area contributed by atoms with Crippen LogP contribution >= 0.6 is 11.6 Å². The average molecular weight is 381 g/mol. The molecular weight excluding hydrogens is 368 g/mol. The smallest absolute Gasteiger partial charge is 0.287 e. The number of carbonyl (C=O) groups is 3. The number of hydrogen-bond donors (Lipinski definition) is 2. The first-order valence-corrected chi connectivity index (χ1v) is 8.26. The number of para-hydroxylation sites is 1. The van der Waals surface area contributed by atoms with Crippen LogP contribution in [0.15, 0.2) is 64.2 Å². The molecule has 0 aliphatic carbocycles. The number of fused-ring (bicyclic) bond motifs is 1. The van der Waals surface area contributed by atoms with E-state index < -0.39 is 17.7 Å². The van der Waals surface area contributed by atoms with Gasteiger partial charge in [0.15, 0.2) is 0 Å². The fourth-order valence-electron chi connectivity index (χ4n) is 2.23. The van der Waals surface area contributed by atoms with Gasteiger partial charge in [0.25, 0.3) is 17.7 Å². The van der Waals surface area contributed by atoms with Gasteiger partial charge in [0.2, 0.25) is 0 Å². The Morgan fingerprint density at radius 1 is 1.11 bits per heavy atom. The molecule has 0 bridgehead atoms. The van der Waals surface area contributed by atoms with Gasteiger partial charge in [-0.25, -0.2) is 10.4 Å². The average Bonchev–Trinajstić information content (AvgIpc) is 2.67. The summed E-state index contributed by atoms with van der Waals surface area (Å²) in [5, 5.41) is 7.90. The molecule has 1 heterocycles. The second kappa shape index (κ2) is 8.23. The SMILES string of the molecule is O=C(CNC(=O)c1ccc(Cl)cc1)NN=C=C1C=c2ccccc2=NC1=O. The maximum atomic E-state index is 11.9. The molecule has 1 aliphatic rings. The van der Waals surface area contributed by atoms with E-state index >= 15 is 0 Å². The summed E-state index contributed by atoms with van der Waals surface area (Å²) in [6.07, 6.45) is 1.59. The van der Waals surface area contributed by atoms with Crippen molar-refractivity contribution in [3.63, 3.8) is 0 Å².